The molecule has 1 aromatic heterocycles. The third-order valence-corrected chi connectivity index (χ3v) is 8.43. The molecule has 198 valence electrons. The second kappa shape index (κ2) is 11.6. The van der Waals surface area contributed by atoms with Crippen molar-refractivity contribution in [3.05, 3.63) is 87.7 Å². The summed E-state index contributed by atoms with van der Waals surface area (Å²) >= 11 is 12.7. The first-order valence-electron chi connectivity index (χ1n) is 12.8. The number of pyridine rings is 1. The molecule has 7 nitrogen and oxygen atoms in total. The number of aromatic nitrogens is 1. The Bertz CT molecular complexity index is 1310. The monoisotopic (exact) mass is 553 g/mol. The van der Waals surface area contributed by atoms with E-state index in [9.17, 15) is 9.59 Å². The number of fused-ring (bicyclic) bond motifs is 1. The lowest BCUT2D eigenvalue weighted by Crippen LogP contribution is -2.38. The minimum atomic E-state index is -1.36. The van der Waals surface area contributed by atoms with Crippen LogP contribution in [-0.4, -0.2) is 46.7 Å². The lowest BCUT2D eigenvalue weighted by atomic mass is 9.92. The largest absolute Gasteiger partial charge is 0.511 e. The van der Waals surface area contributed by atoms with Crippen molar-refractivity contribution in [3.63, 3.8) is 0 Å². The maximum atomic E-state index is 13.9. The van der Waals surface area contributed by atoms with Crippen LogP contribution in [-0.2, 0) is 6.42 Å². The smallest absolute Gasteiger partial charge is 0.449 e. The van der Waals surface area contributed by atoms with Crippen LogP contribution >= 0.6 is 23.2 Å². The van der Waals surface area contributed by atoms with E-state index in [-0.39, 0.29) is 22.7 Å². The van der Waals surface area contributed by atoms with Gasteiger partial charge in [-0.25, -0.2) is 4.79 Å². The van der Waals surface area contributed by atoms with Gasteiger partial charge in [-0.2, -0.15) is 0 Å². The van der Waals surface area contributed by atoms with Crippen molar-refractivity contribution in [2.75, 3.05) is 24.5 Å². The maximum absolute atomic E-state index is 13.9. The maximum Gasteiger partial charge on any atom is 0.511 e. The van der Waals surface area contributed by atoms with Crippen molar-refractivity contribution in [1.29, 1.82) is 0 Å². The molecule has 0 radical (unpaired) electrons. The van der Waals surface area contributed by atoms with E-state index in [1.807, 2.05) is 35.5 Å². The van der Waals surface area contributed by atoms with Crippen molar-refractivity contribution in [1.82, 2.24) is 9.88 Å². The predicted molar refractivity (Wildman–Crippen MR) is 147 cm³/mol. The molecule has 0 bridgehead atoms. The molecular formula is C29H29Cl2N3O4. The molecular weight excluding hydrogens is 525 g/mol. The second-order valence-corrected chi connectivity index (χ2v) is 10.6. The minimum Gasteiger partial charge on any atom is -0.449 e. The van der Waals surface area contributed by atoms with E-state index >= 15 is 0 Å². The highest BCUT2D eigenvalue weighted by Crippen LogP contribution is 2.40. The first kappa shape index (κ1) is 26.3. The Morgan fingerprint density at radius 1 is 1.05 bits per heavy atom. The van der Waals surface area contributed by atoms with Crippen molar-refractivity contribution >= 4 is 41.0 Å². The third kappa shape index (κ3) is 5.74. The number of carbonyl (C=O) groups excluding carboxylic acids is 1. The quantitative estimate of drug-likeness (QED) is 0.253. The zero-order valence-corrected chi connectivity index (χ0v) is 22.4. The molecule has 0 saturated carbocycles. The van der Waals surface area contributed by atoms with Crippen molar-refractivity contribution < 1.29 is 19.4 Å². The molecule has 38 heavy (non-hydrogen) atoms. The first-order valence-corrected chi connectivity index (χ1v) is 13.6. The Balaban J connectivity index is 1.36. The summed E-state index contributed by atoms with van der Waals surface area (Å²) in [5.41, 5.74) is 3.57. The Kier molecular flexibility index (Phi) is 8.05. The number of anilines is 1. The van der Waals surface area contributed by atoms with Gasteiger partial charge in [0.1, 0.15) is 5.75 Å². The number of amides is 1. The number of rotatable bonds is 7. The number of carbonyl (C=O) groups is 2. The Morgan fingerprint density at radius 2 is 1.82 bits per heavy atom. The third-order valence-electron chi connectivity index (χ3n) is 7.61. The first-order chi connectivity index (χ1) is 18.4. The van der Waals surface area contributed by atoms with E-state index in [1.54, 1.807) is 30.3 Å². The minimum absolute atomic E-state index is 0.172. The summed E-state index contributed by atoms with van der Waals surface area (Å²) in [6.45, 7) is 2.49. The molecule has 3 aromatic rings. The Morgan fingerprint density at radius 3 is 2.55 bits per heavy atom. The van der Waals surface area contributed by atoms with Crippen LogP contribution in [0, 0.1) is 5.92 Å². The number of aryl methyl sites for hydroxylation is 1. The van der Waals surface area contributed by atoms with Crippen LogP contribution in [0.3, 0.4) is 0 Å². The highest BCUT2D eigenvalue weighted by Gasteiger charge is 2.34. The second-order valence-electron chi connectivity index (χ2n) is 9.81. The number of hydrogen-bond donors (Lipinski definition) is 1. The summed E-state index contributed by atoms with van der Waals surface area (Å²) < 4.78 is 4.92. The molecule has 1 aliphatic heterocycles. The summed E-state index contributed by atoms with van der Waals surface area (Å²) in [5, 5.41) is 9.67. The fourth-order valence-corrected chi connectivity index (χ4v) is 6.01. The topological polar surface area (TPSA) is 83.0 Å². The Labute approximate surface area is 231 Å². The van der Waals surface area contributed by atoms with Crippen LogP contribution in [0.25, 0.3) is 0 Å². The number of benzene rings is 2. The van der Waals surface area contributed by atoms with Gasteiger partial charge in [0, 0.05) is 37.7 Å². The van der Waals surface area contributed by atoms with E-state index in [4.69, 9.17) is 33.0 Å². The van der Waals surface area contributed by atoms with Crippen molar-refractivity contribution in [2.24, 2.45) is 5.92 Å². The fourth-order valence-electron chi connectivity index (χ4n) is 5.63. The molecule has 9 heteroatoms. The summed E-state index contributed by atoms with van der Waals surface area (Å²) in [5.74, 6) is 0.565. The number of nitrogens with zero attached hydrogens (tertiary/aromatic N) is 3. The molecule has 1 atom stereocenters. The molecule has 0 spiro atoms. The van der Waals surface area contributed by atoms with Crippen LogP contribution in [0.15, 0.2) is 60.9 Å². The van der Waals surface area contributed by atoms with Gasteiger partial charge in [-0.15, -0.1) is 0 Å². The molecule has 2 heterocycles. The van der Waals surface area contributed by atoms with Crippen LogP contribution in [0.1, 0.15) is 53.2 Å². The van der Waals surface area contributed by atoms with Gasteiger partial charge < -0.3 is 19.6 Å². The van der Waals surface area contributed by atoms with Crippen molar-refractivity contribution in [3.8, 4) is 5.75 Å². The van der Waals surface area contributed by atoms with Crippen LogP contribution in [0.2, 0.25) is 10.0 Å². The normalized spacial score (nSPS) is 17.2. The highest BCUT2D eigenvalue weighted by atomic mass is 35.5. The summed E-state index contributed by atoms with van der Waals surface area (Å²) in [7, 11) is 0. The standard InChI is InChI=1S/C29H29Cl2N3O4/c30-25-3-1-2-23(27(25)31)28(35)34(26-7-5-20-4-6-22(18-24(20)26)38-29(36)37)17-12-19-10-15-33(16-11-19)21-8-13-32-14-9-21/h1-4,6,8-9,13-14,18-19,26H,5,7,10-12,15-17H2,(H,36,37). The summed E-state index contributed by atoms with van der Waals surface area (Å²) in [6, 6.07) is 14.3. The van der Waals surface area contributed by atoms with Gasteiger partial charge in [-0.05, 0) is 85.5 Å². The molecule has 5 rings (SSSR count). The molecule has 1 aliphatic carbocycles. The molecule has 1 unspecified atom stereocenters. The van der Waals surface area contributed by atoms with Gasteiger partial charge in [-0.3, -0.25) is 9.78 Å². The van der Waals surface area contributed by atoms with Gasteiger partial charge in [-0.1, -0.05) is 35.3 Å². The lowest BCUT2D eigenvalue weighted by Gasteiger charge is -2.36. The SMILES string of the molecule is O=C(O)Oc1ccc2c(c1)C(N(CCC1CCN(c3ccncc3)CC1)C(=O)c1cccc(Cl)c1Cl)CC2. The van der Waals surface area contributed by atoms with E-state index in [0.717, 1.165) is 56.3 Å². The number of halogens is 2. The number of piperidine rings is 1. The average Bonchev–Trinajstić information content (AvgIpc) is 3.34. The lowest BCUT2D eigenvalue weighted by molar-refractivity contribution is 0.0659. The van der Waals surface area contributed by atoms with E-state index < -0.39 is 6.16 Å². The molecule has 2 aliphatic rings. The molecule has 1 saturated heterocycles. The fraction of sp³-hybridized carbons (Fsp3) is 0.345. The van der Waals surface area contributed by atoms with Gasteiger partial charge >= 0.3 is 6.16 Å². The molecule has 1 fully saturated rings. The molecule has 2 aromatic carbocycles. The number of ether oxygens (including phenoxy) is 1. The molecule has 1 N–H and O–H groups in total. The zero-order valence-electron chi connectivity index (χ0n) is 20.9. The van der Waals surface area contributed by atoms with Gasteiger partial charge in [0.05, 0.1) is 21.7 Å². The Hall–Kier alpha value is -3.29. The van der Waals surface area contributed by atoms with Gasteiger partial charge in [0.25, 0.3) is 5.91 Å². The summed E-state index contributed by atoms with van der Waals surface area (Å²) in [6.07, 6.45) is 6.76. The zero-order chi connectivity index (χ0) is 26.6. The van der Waals surface area contributed by atoms with E-state index in [2.05, 4.69) is 9.88 Å². The number of hydrogen-bond acceptors (Lipinski definition) is 5. The van der Waals surface area contributed by atoms with Crippen molar-refractivity contribution in [2.45, 2.75) is 38.1 Å². The van der Waals surface area contributed by atoms with E-state index in [0.29, 0.717) is 23.0 Å². The van der Waals surface area contributed by atoms with E-state index in [1.165, 1.54) is 5.69 Å². The van der Waals surface area contributed by atoms with Crippen LogP contribution < -0.4 is 9.64 Å². The van der Waals surface area contributed by atoms with Crippen LogP contribution in [0.5, 0.6) is 5.75 Å². The van der Waals surface area contributed by atoms with Crippen LogP contribution in [0.4, 0.5) is 10.5 Å². The average molecular weight is 554 g/mol. The molecule has 1 amide bonds. The van der Waals surface area contributed by atoms with Gasteiger partial charge in [0.2, 0.25) is 0 Å². The summed E-state index contributed by atoms with van der Waals surface area (Å²) in [4.78, 5) is 33.4. The highest BCUT2D eigenvalue weighted by molar-refractivity contribution is 6.43. The van der Waals surface area contributed by atoms with Gasteiger partial charge in [0.15, 0.2) is 0 Å². The predicted octanol–water partition coefficient (Wildman–Crippen LogP) is 6.88. The number of carboxylic acid groups (broad SMARTS) is 1.